The number of aliphatic hydroxyl groups excluding tert-OH is 2. The number of ether oxygens (including phenoxy) is 4. The SMILES string of the molecule is CC[C@@]1(C)CC[C@H]2[C@@H](CC[C@H]3C(C)(C)CCC[C@]23C(=O)O[C@H]2CO[C@@H](Oc3ccc4c(C)cc(C)cc4c3OC)[C@H](O)[C@H]2O)C1. The molecule has 3 saturated carbocycles. The average molecular weight is 623 g/mol. The number of aliphatic hydroxyl groups is 2. The van der Waals surface area contributed by atoms with Crippen LogP contribution < -0.4 is 9.47 Å². The minimum Gasteiger partial charge on any atom is -0.492 e. The van der Waals surface area contributed by atoms with Crippen LogP contribution in [0.15, 0.2) is 24.3 Å². The summed E-state index contributed by atoms with van der Waals surface area (Å²) in [6.07, 6.45) is 4.81. The molecular formula is C38H54O7. The van der Waals surface area contributed by atoms with Gasteiger partial charge in [0.25, 0.3) is 0 Å². The Balaban J connectivity index is 1.21. The highest BCUT2D eigenvalue weighted by Gasteiger charge is 2.63. The maximum Gasteiger partial charge on any atom is 0.313 e. The van der Waals surface area contributed by atoms with E-state index in [9.17, 15) is 15.0 Å². The summed E-state index contributed by atoms with van der Waals surface area (Å²) in [5.74, 6) is 1.81. The molecule has 0 amide bonds. The van der Waals surface area contributed by atoms with Crippen molar-refractivity contribution in [3.8, 4) is 11.5 Å². The lowest BCUT2D eigenvalue weighted by atomic mass is 9.42. The van der Waals surface area contributed by atoms with Gasteiger partial charge in [0.2, 0.25) is 6.29 Å². The lowest BCUT2D eigenvalue weighted by Crippen LogP contribution is -2.61. The van der Waals surface area contributed by atoms with Gasteiger partial charge < -0.3 is 29.2 Å². The van der Waals surface area contributed by atoms with Crippen molar-refractivity contribution in [2.75, 3.05) is 13.7 Å². The molecule has 0 bridgehead atoms. The predicted molar refractivity (Wildman–Crippen MR) is 174 cm³/mol. The summed E-state index contributed by atoms with van der Waals surface area (Å²) in [4.78, 5) is 14.6. The van der Waals surface area contributed by atoms with Gasteiger partial charge in [-0.1, -0.05) is 58.2 Å². The average Bonchev–Trinajstić information content (AvgIpc) is 3.00. The third kappa shape index (κ3) is 5.55. The van der Waals surface area contributed by atoms with Gasteiger partial charge in [-0.3, -0.25) is 4.79 Å². The van der Waals surface area contributed by atoms with Crippen molar-refractivity contribution in [1.82, 2.24) is 0 Å². The molecule has 0 aromatic heterocycles. The van der Waals surface area contributed by atoms with Gasteiger partial charge in [0.05, 0.1) is 19.1 Å². The number of fused-ring (bicyclic) bond motifs is 4. The smallest absolute Gasteiger partial charge is 0.313 e. The summed E-state index contributed by atoms with van der Waals surface area (Å²) in [7, 11) is 1.59. The van der Waals surface area contributed by atoms with E-state index in [1.54, 1.807) is 13.2 Å². The van der Waals surface area contributed by atoms with E-state index in [1.165, 1.54) is 19.3 Å². The lowest BCUT2D eigenvalue weighted by molar-refractivity contribution is -0.257. The van der Waals surface area contributed by atoms with Gasteiger partial charge in [-0.2, -0.15) is 0 Å². The van der Waals surface area contributed by atoms with Crippen LogP contribution in [0.2, 0.25) is 0 Å². The maximum atomic E-state index is 14.6. The highest BCUT2D eigenvalue weighted by atomic mass is 16.7. The van der Waals surface area contributed by atoms with E-state index in [0.717, 1.165) is 60.4 Å². The molecule has 4 fully saturated rings. The first-order valence-corrected chi connectivity index (χ1v) is 17.3. The highest BCUT2D eigenvalue weighted by Crippen LogP contribution is 2.66. The fraction of sp³-hybridized carbons (Fsp3) is 0.711. The number of esters is 1. The van der Waals surface area contributed by atoms with E-state index < -0.39 is 30.0 Å². The second kappa shape index (κ2) is 12.0. The van der Waals surface area contributed by atoms with Crippen molar-refractivity contribution < 1.29 is 34.0 Å². The summed E-state index contributed by atoms with van der Waals surface area (Å²) in [5, 5.41) is 24.5. The van der Waals surface area contributed by atoms with Crippen LogP contribution in [0.5, 0.6) is 11.5 Å². The van der Waals surface area contributed by atoms with Crippen LogP contribution in [-0.4, -0.2) is 54.5 Å². The van der Waals surface area contributed by atoms with Gasteiger partial charge >= 0.3 is 5.97 Å². The molecule has 248 valence electrons. The van der Waals surface area contributed by atoms with Crippen LogP contribution in [0, 0.1) is 47.8 Å². The van der Waals surface area contributed by atoms with Crippen LogP contribution >= 0.6 is 0 Å². The molecule has 9 atom stereocenters. The van der Waals surface area contributed by atoms with Crippen LogP contribution in [0.25, 0.3) is 10.8 Å². The molecule has 2 aromatic carbocycles. The topological polar surface area (TPSA) is 94.5 Å². The second-order valence-corrected chi connectivity index (χ2v) is 15.8. The van der Waals surface area contributed by atoms with Crippen LogP contribution in [0.3, 0.4) is 0 Å². The monoisotopic (exact) mass is 622 g/mol. The van der Waals surface area contributed by atoms with Crippen LogP contribution in [0.1, 0.15) is 96.6 Å². The van der Waals surface area contributed by atoms with Crippen molar-refractivity contribution in [3.05, 3.63) is 35.4 Å². The van der Waals surface area contributed by atoms with E-state index in [-0.39, 0.29) is 23.9 Å². The first-order chi connectivity index (χ1) is 21.3. The van der Waals surface area contributed by atoms with Crippen molar-refractivity contribution in [2.24, 2.45) is 34.0 Å². The summed E-state index contributed by atoms with van der Waals surface area (Å²) >= 11 is 0. The summed E-state index contributed by atoms with van der Waals surface area (Å²) in [5.41, 5.74) is 2.05. The number of carbonyl (C=O) groups excluding carboxylic acids is 1. The number of benzene rings is 2. The summed E-state index contributed by atoms with van der Waals surface area (Å²) in [6.45, 7) is 13.4. The fourth-order valence-corrected chi connectivity index (χ4v) is 10.1. The molecule has 1 saturated heterocycles. The molecule has 0 unspecified atom stereocenters. The number of hydrogen-bond acceptors (Lipinski definition) is 7. The molecule has 4 aliphatic rings. The first kappa shape index (κ1) is 32.6. The van der Waals surface area contributed by atoms with E-state index in [2.05, 4.69) is 40.7 Å². The van der Waals surface area contributed by atoms with Crippen molar-refractivity contribution in [1.29, 1.82) is 0 Å². The van der Waals surface area contributed by atoms with Crippen molar-refractivity contribution in [2.45, 2.75) is 124 Å². The minimum absolute atomic E-state index is 0.0455. The van der Waals surface area contributed by atoms with E-state index in [4.69, 9.17) is 18.9 Å². The minimum atomic E-state index is -1.41. The number of rotatable bonds is 6. The summed E-state index contributed by atoms with van der Waals surface area (Å²) in [6, 6.07) is 7.93. The summed E-state index contributed by atoms with van der Waals surface area (Å²) < 4.78 is 24.1. The number of carbonyl (C=O) groups is 1. The molecule has 7 nitrogen and oxygen atoms in total. The normalized spacial score (nSPS) is 37.8. The standard InChI is InChI=1S/C38H54O7/c1-8-37(6)17-14-27-24(20-37)10-13-30-36(4,5)15-9-16-38(27,30)35(41)45-29-21-43-34(32(40)31(29)39)44-28-12-11-25-23(3)18-22(2)19-26(25)33(28)42-7/h11-12,18-19,24,27,29-32,34,39-40H,8-10,13-17,20-21H2,1-7H3/t24-,27-,29-,30-,31-,32+,34-,37-,38-/m0/s1. The van der Waals surface area contributed by atoms with Gasteiger partial charge in [-0.15, -0.1) is 0 Å². The molecule has 6 rings (SSSR count). The fourth-order valence-electron chi connectivity index (χ4n) is 10.1. The molecule has 1 aliphatic heterocycles. The third-order valence-electron chi connectivity index (χ3n) is 12.6. The Morgan fingerprint density at radius 3 is 2.51 bits per heavy atom. The predicted octanol–water partition coefficient (Wildman–Crippen LogP) is 7.27. The number of aryl methyl sites for hydroxylation is 2. The Morgan fingerprint density at radius 1 is 1.00 bits per heavy atom. The zero-order valence-electron chi connectivity index (χ0n) is 28.4. The van der Waals surface area contributed by atoms with Gasteiger partial charge in [-0.25, -0.2) is 0 Å². The molecule has 0 spiro atoms. The van der Waals surface area contributed by atoms with E-state index >= 15 is 0 Å². The molecule has 2 aromatic rings. The van der Waals surface area contributed by atoms with Gasteiger partial charge in [0, 0.05) is 5.39 Å². The molecule has 45 heavy (non-hydrogen) atoms. The van der Waals surface area contributed by atoms with Gasteiger partial charge in [-0.05, 0) is 110 Å². The number of methoxy groups -OCH3 is 1. The zero-order chi connectivity index (χ0) is 32.3. The first-order valence-electron chi connectivity index (χ1n) is 17.3. The quantitative estimate of drug-likeness (QED) is 0.327. The molecular weight excluding hydrogens is 568 g/mol. The van der Waals surface area contributed by atoms with Crippen molar-refractivity contribution >= 4 is 16.7 Å². The van der Waals surface area contributed by atoms with Crippen LogP contribution in [0.4, 0.5) is 0 Å². The molecule has 1 heterocycles. The Morgan fingerprint density at radius 2 is 1.78 bits per heavy atom. The van der Waals surface area contributed by atoms with E-state index in [0.29, 0.717) is 28.7 Å². The third-order valence-corrected chi connectivity index (χ3v) is 12.6. The van der Waals surface area contributed by atoms with Gasteiger partial charge in [0.1, 0.15) is 12.2 Å². The Kier molecular flexibility index (Phi) is 8.71. The Hall–Kier alpha value is -2.35. The Bertz CT molecular complexity index is 1420. The zero-order valence-corrected chi connectivity index (χ0v) is 28.4. The largest absolute Gasteiger partial charge is 0.492 e. The lowest BCUT2D eigenvalue weighted by Gasteiger charge is -2.61. The molecule has 2 N–H and O–H groups in total. The molecule has 7 heteroatoms. The number of hydrogen-bond donors (Lipinski definition) is 2. The Labute approximate surface area is 269 Å². The van der Waals surface area contributed by atoms with Crippen molar-refractivity contribution in [3.63, 3.8) is 0 Å². The second-order valence-electron chi connectivity index (χ2n) is 15.8. The maximum absolute atomic E-state index is 14.6. The van der Waals surface area contributed by atoms with Gasteiger partial charge in [0.15, 0.2) is 17.6 Å². The van der Waals surface area contributed by atoms with E-state index in [1.807, 2.05) is 19.1 Å². The molecule has 0 radical (unpaired) electrons. The molecule has 3 aliphatic carbocycles. The highest BCUT2D eigenvalue weighted by molar-refractivity contribution is 5.93. The van der Waals surface area contributed by atoms with Crippen LogP contribution in [-0.2, 0) is 14.3 Å².